The highest BCUT2D eigenvalue weighted by Gasteiger charge is 2.11. The van der Waals surface area contributed by atoms with Crippen LogP contribution < -0.4 is 11.0 Å². The highest BCUT2D eigenvalue weighted by atomic mass is 19.1. The van der Waals surface area contributed by atoms with Crippen LogP contribution >= 0.6 is 0 Å². The first kappa shape index (κ1) is 15.7. The fourth-order valence-electron chi connectivity index (χ4n) is 2.60. The second-order valence-corrected chi connectivity index (χ2v) is 5.50. The average molecular weight is 349 g/mol. The van der Waals surface area contributed by atoms with Gasteiger partial charge in [0.05, 0.1) is 5.39 Å². The van der Waals surface area contributed by atoms with Gasteiger partial charge in [0.2, 0.25) is 5.95 Å². The summed E-state index contributed by atoms with van der Waals surface area (Å²) in [5.74, 6) is -0.270. The van der Waals surface area contributed by atoms with Crippen LogP contribution in [0.2, 0.25) is 0 Å². The Kier molecular flexibility index (Phi) is 3.77. The number of fused-ring (bicyclic) bond motifs is 1. The Morgan fingerprint density at radius 2 is 1.92 bits per heavy atom. The molecular formula is C18H12FN5O2. The molecule has 0 fully saturated rings. The van der Waals surface area contributed by atoms with Crippen LogP contribution in [0.15, 0.2) is 65.7 Å². The normalized spacial score (nSPS) is 10.8. The quantitative estimate of drug-likeness (QED) is 0.436. The minimum atomic E-state index is -0.836. The summed E-state index contributed by atoms with van der Waals surface area (Å²) in [6, 6.07) is 13.6. The molecule has 2 N–H and O–H groups in total. The van der Waals surface area contributed by atoms with Gasteiger partial charge < -0.3 is 10.5 Å². The smallest absolute Gasteiger partial charge is 0.384 e. The van der Waals surface area contributed by atoms with Gasteiger partial charge in [0, 0.05) is 23.6 Å². The first-order valence-corrected chi connectivity index (χ1v) is 7.68. The lowest BCUT2D eigenvalue weighted by Gasteiger charge is -2.10. The zero-order valence-electron chi connectivity index (χ0n) is 13.3. The van der Waals surface area contributed by atoms with Crippen LogP contribution in [0.3, 0.4) is 0 Å². The molecular weight excluding hydrogens is 337 g/mol. The molecule has 26 heavy (non-hydrogen) atoms. The van der Waals surface area contributed by atoms with Gasteiger partial charge in [0.15, 0.2) is 5.65 Å². The molecule has 4 aromatic rings. The Morgan fingerprint density at radius 1 is 1.04 bits per heavy atom. The SMILES string of the molecule is O=c1nc(Nc2cccc(-c3ccc(F)nc3)c2)c2cccnc2n1O. The number of rotatable bonds is 3. The summed E-state index contributed by atoms with van der Waals surface area (Å²) in [6.45, 7) is 0. The van der Waals surface area contributed by atoms with Crippen molar-refractivity contribution in [3.05, 3.63) is 77.4 Å². The Morgan fingerprint density at radius 3 is 2.73 bits per heavy atom. The van der Waals surface area contributed by atoms with E-state index in [4.69, 9.17) is 0 Å². The van der Waals surface area contributed by atoms with E-state index in [1.165, 1.54) is 18.5 Å². The largest absolute Gasteiger partial charge is 0.422 e. The second-order valence-electron chi connectivity index (χ2n) is 5.50. The number of hydrogen-bond donors (Lipinski definition) is 2. The van der Waals surface area contributed by atoms with E-state index in [0.717, 1.165) is 11.1 Å². The predicted octanol–water partition coefficient (Wildman–Crippen LogP) is 2.97. The zero-order chi connectivity index (χ0) is 18.1. The number of aromatic nitrogens is 4. The van der Waals surface area contributed by atoms with E-state index in [1.807, 2.05) is 18.2 Å². The highest BCUT2D eigenvalue weighted by Crippen LogP contribution is 2.26. The fraction of sp³-hybridized carbons (Fsp3) is 0. The number of anilines is 2. The molecule has 0 aliphatic heterocycles. The summed E-state index contributed by atoms with van der Waals surface area (Å²) in [7, 11) is 0. The predicted molar refractivity (Wildman–Crippen MR) is 93.9 cm³/mol. The molecule has 4 rings (SSSR count). The van der Waals surface area contributed by atoms with E-state index in [0.29, 0.717) is 15.8 Å². The van der Waals surface area contributed by atoms with Crippen molar-refractivity contribution in [2.24, 2.45) is 0 Å². The van der Waals surface area contributed by atoms with E-state index >= 15 is 0 Å². The average Bonchev–Trinajstić information content (AvgIpc) is 2.67. The Bertz CT molecular complexity index is 1160. The summed E-state index contributed by atoms with van der Waals surface area (Å²) in [5, 5.41) is 13.3. The topological polar surface area (TPSA) is 92.9 Å². The molecule has 0 aliphatic rings. The second kappa shape index (κ2) is 6.25. The molecule has 7 nitrogen and oxygen atoms in total. The molecule has 0 saturated heterocycles. The van der Waals surface area contributed by atoms with Crippen molar-refractivity contribution in [1.82, 2.24) is 19.7 Å². The summed E-state index contributed by atoms with van der Waals surface area (Å²) < 4.78 is 13.4. The number of nitrogens with zero attached hydrogens (tertiary/aromatic N) is 4. The minimum Gasteiger partial charge on any atom is -0.422 e. The fourth-order valence-corrected chi connectivity index (χ4v) is 2.60. The summed E-state index contributed by atoms with van der Waals surface area (Å²) in [4.78, 5) is 23.4. The van der Waals surface area contributed by atoms with Crippen molar-refractivity contribution in [2.45, 2.75) is 0 Å². The van der Waals surface area contributed by atoms with E-state index in [1.54, 1.807) is 24.3 Å². The minimum absolute atomic E-state index is 0.105. The molecule has 8 heteroatoms. The maximum atomic E-state index is 13.0. The number of halogens is 1. The van der Waals surface area contributed by atoms with Crippen LogP contribution in [0.5, 0.6) is 0 Å². The molecule has 0 spiro atoms. The maximum absolute atomic E-state index is 13.0. The Balaban J connectivity index is 1.76. The van der Waals surface area contributed by atoms with Crippen LogP contribution in [0.25, 0.3) is 22.2 Å². The van der Waals surface area contributed by atoms with Gasteiger partial charge in [0.1, 0.15) is 5.82 Å². The van der Waals surface area contributed by atoms with E-state index in [9.17, 15) is 14.4 Å². The lowest BCUT2D eigenvalue weighted by molar-refractivity contribution is 0.182. The van der Waals surface area contributed by atoms with Crippen molar-refractivity contribution in [1.29, 1.82) is 0 Å². The van der Waals surface area contributed by atoms with Gasteiger partial charge in [-0.3, -0.25) is 0 Å². The molecule has 0 aliphatic carbocycles. The monoisotopic (exact) mass is 349 g/mol. The standard InChI is InChI=1S/C18H12FN5O2/c19-15-7-6-12(10-21-15)11-3-1-4-13(9-11)22-16-14-5-2-8-20-17(14)24(26)18(25)23-16/h1-10,26H,(H,22,23,25). The summed E-state index contributed by atoms with van der Waals surface area (Å²) >= 11 is 0. The highest BCUT2D eigenvalue weighted by molar-refractivity contribution is 5.88. The molecule has 0 atom stereocenters. The lowest BCUT2D eigenvalue weighted by atomic mass is 10.1. The molecule has 0 unspecified atom stereocenters. The van der Waals surface area contributed by atoms with Gasteiger partial charge in [0.25, 0.3) is 0 Å². The van der Waals surface area contributed by atoms with Gasteiger partial charge >= 0.3 is 5.69 Å². The zero-order valence-corrected chi connectivity index (χ0v) is 13.3. The molecule has 0 saturated carbocycles. The molecule has 0 radical (unpaired) electrons. The third kappa shape index (κ3) is 2.84. The van der Waals surface area contributed by atoms with Gasteiger partial charge in [-0.1, -0.05) is 12.1 Å². The molecule has 3 heterocycles. The van der Waals surface area contributed by atoms with Gasteiger partial charge in [-0.15, -0.1) is 4.73 Å². The summed E-state index contributed by atoms with van der Waals surface area (Å²) in [5.41, 5.74) is 1.51. The van der Waals surface area contributed by atoms with Crippen LogP contribution in [0.1, 0.15) is 0 Å². The number of nitrogens with one attached hydrogen (secondary N) is 1. The first-order valence-electron chi connectivity index (χ1n) is 7.68. The van der Waals surface area contributed by atoms with E-state index in [2.05, 4.69) is 20.3 Å². The Hall–Kier alpha value is -3.81. The molecule has 0 bridgehead atoms. The molecule has 3 aromatic heterocycles. The van der Waals surface area contributed by atoms with Crippen LogP contribution in [0.4, 0.5) is 15.9 Å². The Labute approximate surface area is 146 Å². The molecule has 0 amide bonds. The van der Waals surface area contributed by atoms with E-state index < -0.39 is 11.6 Å². The van der Waals surface area contributed by atoms with Gasteiger partial charge in [-0.25, -0.2) is 14.8 Å². The molecule has 128 valence electrons. The van der Waals surface area contributed by atoms with Gasteiger partial charge in [-0.2, -0.15) is 9.37 Å². The molecule has 1 aromatic carbocycles. The third-order valence-electron chi connectivity index (χ3n) is 3.82. The van der Waals surface area contributed by atoms with Crippen molar-refractivity contribution in [3.8, 4) is 11.1 Å². The van der Waals surface area contributed by atoms with Crippen LogP contribution in [-0.4, -0.2) is 24.9 Å². The number of benzene rings is 1. The van der Waals surface area contributed by atoms with Crippen LogP contribution in [0, 0.1) is 5.95 Å². The number of hydrogen-bond acceptors (Lipinski definition) is 6. The number of pyridine rings is 2. The van der Waals surface area contributed by atoms with Crippen molar-refractivity contribution < 1.29 is 9.60 Å². The summed E-state index contributed by atoms with van der Waals surface area (Å²) in [6.07, 6.45) is 2.92. The van der Waals surface area contributed by atoms with Crippen molar-refractivity contribution in [3.63, 3.8) is 0 Å². The lowest BCUT2D eigenvalue weighted by Crippen LogP contribution is -2.23. The maximum Gasteiger partial charge on any atom is 0.384 e. The van der Waals surface area contributed by atoms with Gasteiger partial charge in [-0.05, 0) is 42.0 Å². The van der Waals surface area contributed by atoms with Crippen molar-refractivity contribution in [2.75, 3.05) is 5.32 Å². The van der Waals surface area contributed by atoms with E-state index in [-0.39, 0.29) is 11.5 Å². The van der Waals surface area contributed by atoms with Crippen molar-refractivity contribution >= 4 is 22.5 Å². The third-order valence-corrected chi connectivity index (χ3v) is 3.82. The first-order chi connectivity index (χ1) is 12.6. The van der Waals surface area contributed by atoms with Crippen LogP contribution in [-0.2, 0) is 0 Å².